The Labute approximate surface area is 337 Å². The SMILES string of the molecule is CS(=O)(=O)NCC(=O)N(OC1CCCCO1)c1cccc(-c2ccc(C3=Cc4ccc5c(c4CC3)CCc3ccccc3-5)s2)c1.NC(=O)CC1C=CC=CS1(=O)=O. The highest BCUT2D eigenvalue weighted by Crippen LogP contribution is 2.42. The standard InChI is InChI=1S/C36H36N2O5S2.C7H9NO3S/c1-45(40,41)37-23-35(39)38(43-36-11-4-5-20-42-36)28-9-6-8-26(22-28)33-18-19-34(44-33)27-14-15-30-25(21-27)13-17-31-29-10-3-2-7-24(29)12-16-32(30)31;8-7(9)5-6-3-1-2-4-12(6,10)11/h2-3,6-10,13,17-19,21-22,36-37H,4-5,11-12,14-16,20,23H2,1H3;1-4,6H,5H2,(H2,8,9). The van der Waals surface area contributed by atoms with Gasteiger partial charge in [-0.25, -0.2) is 26.4 Å². The number of aryl methyl sites for hydroxylation is 1. The predicted octanol–water partition coefficient (Wildman–Crippen LogP) is 6.74. The Hall–Kier alpha value is -4.70. The monoisotopic (exact) mass is 827 g/mol. The molecule has 0 saturated carbocycles. The Balaban J connectivity index is 0.000000356. The number of amides is 2. The third kappa shape index (κ3) is 9.89. The average molecular weight is 828 g/mol. The Morgan fingerprint density at radius 1 is 0.930 bits per heavy atom. The molecule has 2 aliphatic heterocycles. The fourth-order valence-electron chi connectivity index (χ4n) is 7.48. The van der Waals surface area contributed by atoms with Gasteiger partial charge in [0.1, 0.15) is 0 Å². The summed E-state index contributed by atoms with van der Waals surface area (Å²) in [6.45, 7) is 0.146. The summed E-state index contributed by atoms with van der Waals surface area (Å²) in [7, 11) is -6.84. The van der Waals surface area contributed by atoms with Crippen molar-refractivity contribution in [3.05, 3.63) is 124 Å². The molecule has 4 aromatic rings. The zero-order valence-corrected chi connectivity index (χ0v) is 34.0. The van der Waals surface area contributed by atoms with Gasteiger partial charge in [0.2, 0.25) is 15.9 Å². The van der Waals surface area contributed by atoms with Crippen molar-refractivity contribution in [2.45, 2.75) is 62.9 Å². The van der Waals surface area contributed by atoms with Gasteiger partial charge in [0.15, 0.2) is 16.1 Å². The summed E-state index contributed by atoms with van der Waals surface area (Å²) in [6, 6.07) is 25.3. The summed E-state index contributed by atoms with van der Waals surface area (Å²) in [5.74, 6) is -1.13. The molecule has 1 aromatic heterocycles. The first kappa shape index (κ1) is 40.5. The highest BCUT2D eigenvalue weighted by Gasteiger charge is 2.27. The molecule has 0 radical (unpaired) electrons. The van der Waals surface area contributed by atoms with E-state index >= 15 is 0 Å². The molecule has 14 heteroatoms. The summed E-state index contributed by atoms with van der Waals surface area (Å²) in [4.78, 5) is 32.0. The number of nitrogens with zero attached hydrogens (tertiary/aromatic N) is 1. The van der Waals surface area contributed by atoms with E-state index in [0.29, 0.717) is 18.7 Å². The van der Waals surface area contributed by atoms with Crippen LogP contribution in [-0.4, -0.2) is 59.6 Å². The Morgan fingerprint density at radius 3 is 2.51 bits per heavy atom. The Kier molecular flexibility index (Phi) is 12.4. The minimum atomic E-state index is -3.55. The van der Waals surface area contributed by atoms with Crippen LogP contribution in [-0.2, 0) is 58.3 Å². The van der Waals surface area contributed by atoms with E-state index in [-0.39, 0.29) is 6.42 Å². The van der Waals surface area contributed by atoms with Gasteiger partial charge in [0.05, 0.1) is 23.7 Å². The number of ether oxygens (including phenoxy) is 1. The number of hydrogen-bond donors (Lipinski definition) is 2. The lowest BCUT2D eigenvalue weighted by Crippen LogP contribution is -2.43. The average Bonchev–Trinajstić information content (AvgIpc) is 3.70. The second-order valence-electron chi connectivity index (χ2n) is 14.4. The predicted molar refractivity (Wildman–Crippen MR) is 225 cm³/mol. The second-order valence-corrected chi connectivity index (χ2v) is 19.4. The zero-order valence-electron chi connectivity index (χ0n) is 31.6. The summed E-state index contributed by atoms with van der Waals surface area (Å²) >= 11 is 1.74. The van der Waals surface area contributed by atoms with Gasteiger partial charge in [-0.3, -0.25) is 9.59 Å². The number of benzene rings is 3. The molecule has 2 amide bonds. The third-order valence-corrected chi connectivity index (χ3v) is 13.9. The lowest BCUT2D eigenvalue weighted by molar-refractivity contribution is -0.177. The van der Waals surface area contributed by atoms with Crippen LogP contribution in [0.4, 0.5) is 5.69 Å². The Morgan fingerprint density at radius 2 is 1.74 bits per heavy atom. The molecule has 3 heterocycles. The van der Waals surface area contributed by atoms with Crippen molar-refractivity contribution in [3.8, 4) is 21.6 Å². The molecule has 3 aromatic carbocycles. The molecule has 0 bridgehead atoms. The summed E-state index contributed by atoms with van der Waals surface area (Å²) in [5, 5.41) is 1.48. The van der Waals surface area contributed by atoms with Crippen LogP contribution in [0, 0.1) is 0 Å². The second kappa shape index (κ2) is 17.4. The van der Waals surface area contributed by atoms with E-state index in [1.165, 1.54) is 61.0 Å². The molecule has 8 rings (SSSR count). The summed E-state index contributed by atoms with van der Waals surface area (Å²) in [6.07, 6.45) is 13.9. The van der Waals surface area contributed by atoms with Crippen LogP contribution in [0.5, 0.6) is 0 Å². The minimum Gasteiger partial charge on any atom is -0.370 e. The van der Waals surface area contributed by atoms with E-state index in [1.54, 1.807) is 23.5 Å². The molecular formula is C43H45N3O8S3. The number of thiophene rings is 1. The number of anilines is 1. The van der Waals surface area contributed by atoms with Crippen molar-refractivity contribution in [1.82, 2.24) is 4.72 Å². The molecule has 1 fully saturated rings. The number of rotatable bonds is 10. The van der Waals surface area contributed by atoms with Crippen LogP contribution in [0.25, 0.3) is 33.2 Å². The maximum absolute atomic E-state index is 13.2. The highest BCUT2D eigenvalue weighted by atomic mass is 32.2. The fraction of sp³-hybridized carbons (Fsp3) is 0.302. The van der Waals surface area contributed by atoms with Crippen molar-refractivity contribution in [3.63, 3.8) is 0 Å². The first-order valence-electron chi connectivity index (χ1n) is 18.9. The first-order chi connectivity index (χ1) is 27.3. The van der Waals surface area contributed by atoms with Gasteiger partial charge in [-0.1, -0.05) is 72.8 Å². The van der Waals surface area contributed by atoms with Crippen LogP contribution >= 0.6 is 11.3 Å². The van der Waals surface area contributed by atoms with Gasteiger partial charge >= 0.3 is 0 Å². The molecule has 298 valence electrons. The van der Waals surface area contributed by atoms with E-state index in [4.69, 9.17) is 15.3 Å². The lowest BCUT2D eigenvalue weighted by Gasteiger charge is -2.29. The molecule has 3 N–H and O–H groups in total. The number of carbonyl (C=O) groups excluding carboxylic acids is 2. The van der Waals surface area contributed by atoms with Crippen LogP contribution < -0.4 is 15.5 Å². The molecule has 2 unspecified atom stereocenters. The lowest BCUT2D eigenvalue weighted by atomic mass is 9.78. The molecule has 4 aliphatic rings. The maximum Gasteiger partial charge on any atom is 0.266 e. The van der Waals surface area contributed by atoms with Crippen LogP contribution in [0.1, 0.15) is 59.2 Å². The quantitative estimate of drug-likeness (QED) is 0.166. The van der Waals surface area contributed by atoms with Gasteiger partial charge in [0.25, 0.3) is 5.91 Å². The van der Waals surface area contributed by atoms with Crippen molar-refractivity contribution < 1.29 is 36.0 Å². The smallest absolute Gasteiger partial charge is 0.266 e. The number of nitrogens with one attached hydrogen (secondary N) is 1. The van der Waals surface area contributed by atoms with Gasteiger partial charge in [-0.2, -0.15) is 5.06 Å². The van der Waals surface area contributed by atoms with E-state index in [9.17, 15) is 26.4 Å². The van der Waals surface area contributed by atoms with E-state index in [0.717, 1.165) is 60.6 Å². The molecule has 2 aliphatic carbocycles. The minimum absolute atomic E-state index is 0.150. The number of sulfonamides is 1. The summed E-state index contributed by atoms with van der Waals surface area (Å²) in [5.41, 5.74) is 16.2. The van der Waals surface area contributed by atoms with E-state index in [1.807, 2.05) is 18.2 Å². The van der Waals surface area contributed by atoms with Crippen molar-refractivity contribution in [2.75, 3.05) is 24.5 Å². The molecule has 11 nitrogen and oxygen atoms in total. The van der Waals surface area contributed by atoms with E-state index in [2.05, 4.69) is 59.3 Å². The molecule has 57 heavy (non-hydrogen) atoms. The van der Waals surface area contributed by atoms with Crippen molar-refractivity contribution in [2.24, 2.45) is 5.73 Å². The highest BCUT2D eigenvalue weighted by molar-refractivity contribution is 7.95. The number of allylic oxidation sites excluding steroid dienone is 3. The van der Waals surface area contributed by atoms with Gasteiger partial charge in [0, 0.05) is 34.6 Å². The molecule has 2 atom stereocenters. The molecular weight excluding hydrogens is 783 g/mol. The van der Waals surface area contributed by atoms with Crippen molar-refractivity contribution >= 4 is 60.3 Å². The first-order valence-corrected chi connectivity index (χ1v) is 23.2. The topological polar surface area (TPSA) is 162 Å². The number of hydroxylamine groups is 1. The van der Waals surface area contributed by atoms with Crippen LogP contribution in [0.3, 0.4) is 0 Å². The number of sulfone groups is 1. The molecule has 1 saturated heterocycles. The molecule has 0 spiro atoms. The van der Waals surface area contributed by atoms with Gasteiger partial charge in [-0.05, 0) is 107 Å². The number of nitrogens with two attached hydrogens (primary N) is 1. The number of hydrogen-bond acceptors (Lipinski definition) is 9. The van der Waals surface area contributed by atoms with E-state index < -0.39 is 49.8 Å². The largest absolute Gasteiger partial charge is 0.370 e. The van der Waals surface area contributed by atoms with Crippen molar-refractivity contribution in [1.29, 1.82) is 0 Å². The maximum atomic E-state index is 13.2. The Bertz CT molecular complexity index is 2480. The number of primary amides is 1. The number of fused-ring (bicyclic) bond motifs is 5. The summed E-state index contributed by atoms with van der Waals surface area (Å²) < 4.78 is 53.7. The normalized spacial score (nSPS) is 19.2. The van der Waals surface area contributed by atoms with Gasteiger partial charge < -0.3 is 10.5 Å². The fourth-order valence-corrected chi connectivity index (χ4v) is 10.1. The third-order valence-electron chi connectivity index (χ3n) is 10.3. The van der Waals surface area contributed by atoms with Crippen LogP contribution in [0.2, 0.25) is 0 Å². The zero-order chi connectivity index (χ0) is 40.2. The van der Waals surface area contributed by atoms with Crippen LogP contribution in [0.15, 0.2) is 96.4 Å². The number of carbonyl (C=O) groups is 2. The van der Waals surface area contributed by atoms with Gasteiger partial charge in [-0.15, -0.1) is 11.3 Å².